The van der Waals surface area contributed by atoms with Gasteiger partial charge in [0.25, 0.3) is 23.6 Å². The zero-order chi connectivity index (χ0) is 37.8. The maximum atomic E-state index is 14.2. The van der Waals surface area contributed by atoms with Crippen molar-refractivity contribution in [2.75, 3.05) is 37.0 Å². The van der Waals surface area contributed by atoms with Crippen LogP contribution in [0.4, 0.5) is 5.69 Å². The van der Waals surface area contributed by atoms with Gasteiger partial charge in [-0.3, -0.25) is 28.3 Å². The first-order chi connectivity index (χ1) is 26.1. The van der Waals surface area contributed by atoms with Gasteiger partial charge in [-0.1, -0.05) is 51.5 Å². The first kappa shape index (κ1) is 36.0. The van der Waals surface area contributed by atoms with Crippen LogP contribution in [0.2, 0.25) is 0 Å². The Balaban J connectivity index is 1.09. The van der Waals surface area contributed by atoms with Crippen molar-refractivity contribution in [2.45, 2.75) is 57.9 Å². The number of hydrogen-bond donors (Lipinski definition) is 1. The monoisotopic (exact) mass is 741 g/mol. The van der Waals surface area contributed by atoms with E-state index < -0.39 is 22.6 Å². The van der Waals surface area contributed by atoms with E-state index in [1.165, 1.54) is 9.80 Å². The van der Waals surface area contributed by atoms with Crippen molar-refractivity contribution in [2.24, 2.45) is 5.92 Å². The Morgan fingerprint density at radius 1 is 0.611 bits per heavy atom. The van der Waals surface area contributed by atoms with E-state index in [1.807, 2.05) is 45.0 Å². The molecule has 2 aliphatic heterocycles. The van der Waals surface area contributed by atoms with Gasteiger partial charge in [-0.05, 0) is 113 Å². The largest absolute Gasteiger partial charge is 0.381 e. The SMILES string of the molecule is CCCCOCCCNCCS(=O)c1ccc(N2C(=O)c3ccc4c5ccc6c7c(ccc(c8ccc(c3c48)C2=O)c75)C(=O)N(C(C)C(C)C)C6=O)cc1. The van der Waals surface area contributed by atoms with E-state index in [-0.39, 0.29) is 23.8 Å². The first-order valence-corrected chi connectivity index (χ1v) is 20.2. The van der Waals surface area contributed by atoms with Crippen LogP contribution in [0.1, 0.15) is 88.4 Å². The molecule has 0 saturated heterocycles. The Bertz CT molecular complexity index is 2410. The molecule has 10 heteroatoms. The fraction of sp³-hybridized carbons (Fsp3) is 0.318. The number of ether oxygens (including phenoxy) is 1. The van der Waals surface area contributed by atoms with E-state index in [2.05, 4.69) is 12.2 Å². The van der Waals surface area contributed by atoms with Gasteiger partial charge in [0.2, 0.25) is 0 Å². The predicted molar refractivity (Wildman–Crippen MR) is 215 cm³/mol. The second kappa shape index (κ2) is 14.3. The number of imide groups is 2. The van der Waals surface area contributed by atoms with Crippen LogP contribution in [-0.2, 0) is 15.5 Å². The maximum Gasteiger partial charge on any atom is 0.265 e. The molecule has 0 aromatic heterocycles. The van der Waals surface area contributed by atoms with Crippen LogP contribution in [0.3, 0.4) is 0 Å². The van der Waals surface area contributed by atoms with Crippen molar-refractivity contribution < 1.29 is 28.1 Å². The van der Waals surface area contributed by atoms with Crippen molar-refractivity contribution >= 4 is 83.2 Å². The number of hydrogen-bond acceptors (Lipinski definition) is 7. The summed E-state index contributed by atoms with van der Waals surface area (Å²) >= 11 is 0. The molecule has 0 fully saturated rings. The molecule has 276 valence electrons. The number of nitrogens with one attached hydrogen (secondary N) is 1. The van der Waals surface area contributed by atoms with Gasteiger partial charge in [-0.15, -0.1) is 0 Å². The average molecular weight is 742 g/mol. The number of carbonyl (C=O) groups excluding carboxylic acids is 4. The number of unbranched alkanes of at least 4 members (excludes halogenated alkanes) is 1. The van der Waals surface area contributed by atoms with Gasteiger partial charge in [0.15, 0.2) is 0 Å². The Kier molecular flexibility index (Phi) is 9.54. The number of rotatable bonds is 14. The molecule has 8 rings (SSSR count). The lowest BCUT2D eigenvalue weighted by Gasteiger charge is -2.34. The van der Waals surface area contributed by atoms with Gasteiger partial charge in [0.1, 0.15) is 0 Å². The molecule has 0 bridgehead atoms. The minimum atomic E-state index is -1.25. The smallest absolute Gasteiger partial charge is 0.265 e. The van der Waals surface area contributed by atoms with Crippen LogP contribution in [0.15, 0.2) is 77.7 Å². The molecule has 0 spiro atoms. The highest BCUT2D eigenvalue weighted by atomic mass is 32.2. The molecule has 54 heavy (non-hydrogen) atoms. The van der Waals surface area contributed by atoms with Gasteiger partial charge in [0, 0.05) is 69.5 Å². The minimum absolute atomic E-state index is 0.0961. The van der Waals surface area contributed by atoms with Crippen LogP contribution in [0.25, 0.3) is 43.1 Å². The fourth-order valence-corrected chi connectivity index (χ4v) is 9.00. The number of benzene rings is 6. The molecule has 2 aliphatic rings. The zero-order valence-electron chi connectivity index (χ0n) is 31.0. The Hall–Kier alpha value is -5.03. The number of carbonyl (C=O) groups is 4. The molecular formula is C44H43N3O6S. The second-order valence-electron chi connectivity index (χ2n) is 14.7. The molecule has 2 heterocycles. The summed E-state index contributed by atoms with van der Waals surface area (Å²) in [6.07, 6.45) is 3.08. The molecule has 2 unspecified atom stereocenters. The summed E-state index contributed by atoms with van der Waals surface area (Å²) < 4.78 is 18.6. The van der Waals surface area contributed by atoms with E-state index in [0.717, 1.165) is 64.7 Å². The zero-order valence-corrected chi connectivity index (χ0v) is 31.8. The topological polar surface area (TPSA) is 113 Å². The number of amides is 4. The molecule has 6 aromatic rings. The summed E-state index contributed by atoms with van der Waals surface area (Å²) in [5, 5.41) is 9.58. The van der Waals surface area contributed by atoms with Crippen LogP contribution in [0.5, 0.6) is 0 Å². The lowest BCUT2D eigenvalue weighted by Crippen LogP contribution is -2.47. The quantitative estimate of drug-likeness (QED) is 0.0520. The highest BCUT2D eigenvalue weighted by molar-refractivity contribution is 7.85. The van der Waals surface area contributed by atoms with Crippen LogP contribution in [0, 0.1) is 5.92 Å². The lowest BCUT2D eigenvalue weighted by molar-refractivity contribution is 0.0512. The van der Waals surface area contributed by atoms with Gasteiger partial charge in [-0.2, -0.15) is 0 Å². The van der Waals surface area contributed by atoms with Crippen molar-refractivity contribution in [3.8, 4) is 0 Å². The number of fused-ring (bicyclic) bond motifs is 2. The maximum absolute atomic E-state index is 14.2. The summed E-state index contributed by atoms with van der Waals surface area (Å²) in [7, 11) is -1.25. The summed E-state index contributed by atoms with van der Waals surface area (Å²) in [5.41, 5.74) is 2.23. The molecule has 9 nitrogen and oxygen atoms in total. The van der Waals surface area contributed by atoms with Crippen molar-refractivity contribution in [1.29, 1.82) is 0 Å². The highest BCUT2D eigenvalue weighted by Gasteiger charge is 2.39. The van der Waals surface area contributed by atoms with E-state index in [0.29, 0.717) is 62.5 Å². The van der Waals surface area contributed by atoms with Crippen LogP contribution >= 0.6 is 0 Å². The van der Waals surface area contributed by atoms with E-state index in [9.17, 15) is 23.4 Å². The first-order valence-electron chi connectivity index (χ1n) is 18.9. The molecule has 1 N–H and O–H groups in total. The molecule has 4 amide bonds. The molecule has 0 saturated carbocycles. The highest BCUT2D eigenvalue weighted by Crippen LogP contribution is 2.46. The van der Waals surface area contributed by atoms with Gasteiger partial charge >= 0.3 is 0 Å². The Morgan fingerprint density at radius 3 is 1.57 bits per heavy atom. The molecule has 0 radical (unpaired) electrons. The molecular weight excluding hydrogens is 699 g/mol. The Labute approximate surface area is 316 Å². The number of anilines is 1. The summed E-state index contributed by atoms with van der Waals surface area (Å²) in [5.74, 6) is -0.913. The lowest BCUT2D eigenvalue weighted by atomic mass is 9.82. The van der Waals surface area contributed by atoms with E-state index in [1.54, 1.807) is 48.5 Å². The normalized spacial score (nSPS) is 15.6. The standard InChI is InChI=1S/C44H43N3O6S/c1-5-6-22-53-23-7-20-45-21-24-54(52)28-10-8-27(9-11-28)47-43(50)35-18-14-31-29-12-16-33-39-34(42(49)46(41(33)48)26(4)25(2)3)17-13-30(37(29)39)32-15-19-36(44(47)51)40(35)38(31)32/h8-19,25-26,45H,5-7,20-24H2,1-4H3. The molecule has 0 aliphatic carbocycles. The van der Waals surface area contributed by atoms with Crippen molar-refractivity contribution in [3.05, 3.63) is 95.1 Å². The third kappa shape index (κ3) is 5.70. The van der Waals surface area contributed by atoms with Crippen molar-refractivity contribution in [1.82, 2.24) is 10.2 Å². The van der Waals surface area contributed by atoms with E-state index >= 15 is 0 Å². The van der Waals surface area contributed by atoms with Gasteiger partial charge < -0.3 is 10.1 Å². The predicted octanol–water partition coefficient (Wildman–Crippen LogP) is 8.08. The summed E-state index contributed by atoms with van der Waals surface area (Å²) in [6, 6.07) is 21.3. The van der Waals surface area contributed by atoms with Crippen LogP contribution < -0.4 is 10.2 Å². The van der Waals surface area contributed by atoms with Gasteiger partial charge in [0.05, 0.1) is 16.5 Å². The Morgan fingerprint density at radius 2 is 1.09 bits per heavy atom. The molecule has 2 atom stereocenters. The number of nitrogens with zero attached hydrogens (tertiary/aromatic N) is 2. The summed E-state index contributed by atoms with van der Waals surface area (Å²) in [4.78, 5) is 59.3. The second-order valence-corrected chi connectivity index (χ2v) is 16.2. The molecule has 6 aromatic carbocycles. The van der Waals surface area contributed by atoms with Crippen LogP contribution in [-0.4, -0.2) is 70.8 Å². The minimum Gasteiger partial charge on any atom is -0.381 e. The fourth-order valence-electron chi connectivity index (χ4n) is 7.99. The third-order valence-electron chi connectivity index (χ3n) is 11.1. The van der Waals surface area contributed by atoms with Crippen molar-refractivity contribution in [3.63, 3.8) is 0 Å². The summed E-state index contributed by atoms with van der Waals surface area (Å²) in [6.45, 7) is 10.9. The van der Waals surface area contributed by atoms with Gasteiger partial charge in [-0.25, -0.2) is 4.90 Å². The third-order valence-corrected chi connectivity index (χ3v) is 12.5. The van der Waals surface area contributed by atoms with E-state index in [4.69, 9.17) is 4.74 Å². The average Bonchev–Trinajstić information content (AvgIpc) is 3.18.